The molecule has 0 saturated carbocycles. The van der Waals surface area contributed by atoms with E-state index in [2.05, 4.69) is 38.2 Å². The second-order valence-corrected chi connectivity index (χ2v) is 8.63. The van der Waals surface area contributed by atoms with Crippen LogP contribution in [0.15, 0.2) is 24.3 Å². The van der Waals surface area contributed by atoms with Crippen LogP contribution in [0.4, 0.5) is 0 Å². The summed E-state index contributed by atoms with van der Waals surface area (Å²) in [6.45, 7) is 4.43. The number of rotatable bonds is 22. The van der Waals surface area contributed by atoms with E-state index in [0.717, 1.165) is 25.7 Å². The van der Waals surface area contributed by atoms with Gasteiger partial charge in [-0.1, -0.05) is 102 Å². The first kappa shape index (κ1) is 36.5. The van der Waals surface area contributed by atoms with Gasteiger partial charge in [0.2, 0.25) is 0 Å². The second-order valence-electron chi connectivity index (χ2n) is 8.63. The van der Waals surface area contributed by atoms with E-state index in [0.29, 0.717) is 12.8 Å². The molecule has 0 bridgehead atoms. The van der Waals surface area contributed by atoms with Crippen molar-refractivity contribution in [2.75, 3.05) is 0 Å². The summed E-state index contributed by atoms with van der Waals surface area (Å²) in [5, 5.41) is 16.9. The van der Waals surface area contributed by atoms with Crippen LogP contribution in [0, 0.1) is 0 Å². The molecule has 0 aromatic rings. The van der Waals surface area contributed by atoms with Crippen LogP contribution in [-0.4, -0.2) is 22.2 Å². The van der Waals surface area contributed by atoms with Crippen molar-refractivity contribution in [2.45, 2.75) is 142 Å². The molecule has 0 aliphatic heterocycles. The Morgan fingerprint density at radius 1 is 0.485 bits per heavy atom. The van der Waals surface area contributed by atoms with E-state index in [1.165, 1.54) is 89.9 Å². The number of carboxylic acids is 2. The Labute approximate surface area is 215 Å². The summed E-state index contributed by atoms with van der Waals surface area (Å²) < 4.78 is 0. The van der Waals surface area contributed by atoms with Crippen molar-refractivity contribution in [3.63, 3.8) is 0 Å². The van der Waals surface area contributed by atoms with E-state index < -0.39 is 11.9 Å². The van der Waals surface area contributed by atoms with Crippen molar-refractivity contribution in [2.24, 2.45) is 0 Å². The first-order valence-electron chi connectivity index (χ1n) is 13.3. The topological polar surface area (TPSA) is 74.6 Å². The van der Waals surface area contributed by atoms with Gasteiger partial charge in [-0.2, -0.15) is 0 Å². The van der Waals surface area contributed by atoms with Crippen molar-refractivity contribution in [3.05, 3.63) is 24.3 Å². The maximum absolute atomic E-state index is 10.3. The van der Waals surface area contributed by atoms with E-state index in [-0.39, 0.29) is 17.1 Å². The van der Waals surface area contributed by atoms with Gasteiger partial charge in [0.1, 0.15) is 0 Å². The normalized spacial score (nSPS) is 10.7. The minimum atomic E-state index is -0.668. The third-order valence-corrected chi connectivity index (χ3v) is 5.30. The Hall–Kier alpha value is -1.06. The summed E-state index contributed by atoms with van der Waals surface area (Å²) in [5.41, 5.74) is 0. The van der Waals surface area contributed by atoms with E-state index in [1.54, 1.807) is 0 Å². The van der Waals surface area contributed by atoms with Crippen LogP contribution in [0.3, 0.4) is 0 Å². The molecule has 33 heavy (non-hydrogen) atoms. The van der Waals surface area contributed by atoms with E-state index in [9.17, 15) is 9.59 Å². The van der Waals surface area contributed by atoms with Crippen molar-refractivity contribution in [3.8, 4) is 0 Å². The fraction of sp³-hybridized carbons (Fsp3) is 0.786. The van der Waals surface area contributed by atoms with Crippen LogP contribution in [0.25, 0.3) is 0 Å². The minimum Gasteiger partial charge on any atom is -0.481 e. The third-order valence-electron chi connectivity index (χ3n) is 5.30. The predicted octanol–water partition coefficient (Wildman–Crippen LogP) is 9.09. The van der Waals surface area contributed by atoms with Crippen molar-refractivity contribution in [1.29, 1.82) is 0 Å². The first-order chi connectivity index (χ1) is 15.5. The van der Waals surface area contributed by atoms with Gasteiger partial charge in [0, 0.05) is 29.9 Å². The molecule has 0 amide bonds. The van der Waals surface area contributed by atoms with Gasteiger partial charge in [0.25, 0.3) is 0 Å². The van der Waals surface area contributed by atoms with Gasteiger partial charge in [0.15, 0.2) is 0 Å². The third kappa shape index (κ3) is 41.7. The van der Waals surface area contributed by atoms with Crippen LogP contribution in [0.2, 0.25) is 0 Å². The van der Waals surface area contributed by atoms with Gasteiger partial charge < -0.3 is 10.2 Å². The Morgan fingerprint density at radius 2 is 0.758 bits per heavy atom. The molecule has 0 rings (SSSR count). The molecule has 0 radical (unpaired) electrons. The number of unbranched alkanes of at least 4 members (excludes halogenated alkanes) is 14. The molecule has 0 aliphatic rings. The molecule has 0 aliphatic carbocycles. The number of carbonyl (C=O) groups is 2. The zero-order valence-electron chi connectivity index (χ0n) is 21.5. The number of hydrogen-bond donors (Lipinski definition) is 2. The van der Waals surface area contributed by atoms with Crippen LogP contribution < -0.4 is 0 Å². The zero-order chi connectivity index (χ0) is 24.1. The summed E-state index contributed by atoms with van der Waals surface area (Å²) in [6.07, 6.45) is 30.8. The Morgan fingerprint density at radius 3 is 1.06 bits per heavy atom. The van der Waals surface area contributed by atoms with Gasteiger partial charge >= 0.3 is 11.9 Å². The van der Waals surface area contributed by atoms with Gasteiger partial charge in [-0.15, -0.1) is 0 Å². The summed E-state index contributed by atoms with van der Waals surface area (Å²) in [4.78, 5) is 20.5. The molecule has 4 nitrogen and oxygen atoms in total. The summed E-state index contributed by atoms with van der Waals surface area (Å²) in [5.74, 6) is -1.34. The summed E-state index contributed by atoms with van der Waals surface area (Å²) in [7, 11) is 0. The predicted molar refractivity (Wildman–Crippen MR) is 137 cm³/mol. The van der Waals surface area contributed by atoms with Crippen LogP contribution in [0.5, 0.6) is 0 Å². The van der Waals surface area contributed by atoms with Crippen molar-refractivity contribution >= 4 is 11.9 Å². The molecular formula is C28H52FeO4. The monoisotopic (exact) mass is 508 g/mol. The molecule has 0 atom stereocenters. The minimum absolute atomic E-state index is 0. The SMILES string of the molecule is CCCC/C=C\CCCCCCCC(=O)O.CCCC/C=C\CCCCCCCC(=O)O.[Fe]. The number of hydrogen-bond acceptors (Lipinski definition) is 2. The molecule has 0 unspecified atom stereocenters. The maximum atomic E-state index is 10.3. The fourth-order valence-electron chi connectivity index (χ4n) is 3.25. The van der Waals surface area contributed by atoms with Crippen LogP contribution in [0.1, 0.15) is 142 Å². The molecule has 5 heteroatoms. The average molecular weight is 509 g/mol. The quantitative estimate of drug-likeness (QED) is 0.0869. The number of carboxylic acid groups (broad SMARTS) is 2. The molecule has 0 saturated heterocycles. The van der Waals surface area contributed by atoms with E-state index in [1.807, 2.05) is 0 Å². The number of allylic oxidation sites excluding steroid dienone is 4. The summed E-state index contributed by atoms with van der Waals surface area (Å²) in [6, 6.07) is 0. The molecule has 0 aromatic heterocycles. The smallest absolute Gasteiger partial charge is 0.303 e. The number of aliphatic carboxylic acids is 2. The summed E-state index contributed by atoms with van der Waals surface area (Å²) >= 11 is 0. The molecule has 0 heterocycles. The van der Waals surface area contributed by atoms with E-state index >= 15 is 0 Å². The average Bonchev–Trinajstić information content (AvgIpc) is 2.76. The van der Waals surface area contributed by atoms with Crippen molar-refractivity contribution in [1.82, 2.24) is 0 Å². The molecule has 0 aromatic carbocycles. The Balaban J connectivity index is -0.000000529. The van der Waals surface area contributed by atoms with E-state index in [4.69, 9.17) is 10.2 Å². The zero-order valence-corrected chi connectivity index (χ0v) is 22.6. The second kappa shape index (κ2) is 33.1. The largest absolute Gasteiger partial charge is 0.481 e. The molecule has 0 fully saturated rings. The van der Waals surface area contributed by atoms with Gasteiger partial charge in [0.05, 0.1) is 0 Å². The van der Waals surface area contributed by atoms with Gasteiger partial charge in [-0.3, -0.25) is 9.59 Å². The van der Waals surface area contributed by atoms with Crippen molar-refractivity contribution < 1.29 is 36.9 Å². The maximum Gasteiger partial charge on any atom is 0.303 e. The van der Waals surface area contributed by atoms with Crippen LogP contribution in [-0.2, 0) is 26.7 Å². The van der Waals surface area contributed by atoms with Crippen LogP contribution >= 0.6 is 0 Å². The van der Waals surface area contributed by atoms with Gasteiger partial charge in [-0.25, -0.2) is 0 Å². The standard InChI is InChI=1S/2C14H26O2.Fe/c2*1-2-3-4-5-6-7-8-9-10-11-12-13-14(15)16;/h2*5-6H,2-4,7-13H2,1H3,(H,15,16);/b2*6-5-;. The molecule has 0 spiro atoms. The molecule has 2 N–H and O–H groups in total. The van der Waals surface area contributed by atoms with Gasteiger partial charge in [-0.05, 0) is 51.4 Å². The first-order valence-corrected chi connectivity index (χ1v) is 13.3. The fourth-order valence-corrected chi connectivity index (χ4v) is 3.25. The molecular weight excluding hydrogens is 456 g/mol. The Bertz CT molecular complexity index is 419. The Kier molecular flexibility index (Phi) is 36.6. The molecule has 196 valence electrons.